The summed E-state index contributed by atoms with van der Waals surface area (Å²) in [5, 5.41) is 9.27. The van der Waals surface area contributed by atoms with Gasteiger partial charge in [-0.25, -0.2) is 9.78 Å². The third-order valence-corrected chi connectivity index (χ3v) is 4.30. The molecule has 0 aliphatic rings. The molecule has 0 amide bonds. The Balaban J connectivity index is 2.55. The third kappa shape index (κ3) is 4.19. The molecule has 0 bridgehead atoms. The maximum absolute atomic E-state index is 11.3. The zero-order valence-corrected chi connectivity index (χ0v) is 14.2. The van der Waals surface area contributed by atoms with E-state index in [1.807, 2.05) is 6.07 Å². The SMILES string of the molecule is CCCc1cnc(C(=O)O)cc1-c1ccccc1C[C@@H](C)CC. The van der Waals surface area contributed by atoms with Crippen LogP contribution in [0.2, 0.25) is 0 Å². The van der Waals surface area contributed by atoms with Crippen molar-refractivity contribution in [1.82, 2.24) is 4.98 Å². The number of aromatic carboxylic acids is 1. The minimum Gasteiger partial charge on any atom is -0.477 e. The first-order valence-corrected chi connectivity index (χ1v) is 8.37. The number of aromatic nitrogens is 1. The quantitative estimate of drug-likeness (QED) is 0.784. The van der Waals surface area contributed by atoms with Gasteiger partial charge in [-0.05, 0) is 47.1 Å². The highest BCUT2D eigenvalue weighted by Gasteiger charge is 2.14. The Bertz CT molecular complexity index is 679. The van der Waals surface area contributed by atoms with E-state index in [1.165, 1.54) is 5.56 Å². The van der Waals surface area contributed by atoms with Crippen molar-refractivity contribution in [2.75, 3.05) is 0 Å². The van der Waals surface area contributed by atoms with Gasteiger partial charge in [-0.15, -0.1) is 0 Å². The normalized spacial score (nSPS) is 12.1. The summed E-state index contributed by atoms with van der Waals surface area (Å²) >= 11 is 0. The molecule has 23 heavy (non-hydrogen) atoms. The lowest BCUT2D eigenvalue weighted by molar-refractivity contribution is 0.0690. The molecule has 0 unspecified atom stereocenters. The molecular formula is C20H25NO2. The minimum atomic E-state index is -0.978. The van der Waals surface area contributed by atoms with E-state index in [0.29, 0.717) is 5.92 Å². The molecule has 1 heterocycles. The van der Waals surface area contributed by atoms with Crippen LogP contribution in [0.3, 0.4) is 0 Å². The molecule has 3 nitrogen and oxygen atoms in total. The molecule has 0 saturated heterocycles. The van der Waals surface area contributed by atoms with E-state index in [1.54, 1.807) is 12.3 Å². The Hall–Kier alpha value is -2.16. The van der Waals surface area contributed by atoms with E-state index < -0.39 is 5.97 Å². The van der Waals surface area contributed by atoms with Crippen LogP contribution in [0.15, 0.2) is 36.5 Å². The molecule has 1 aromatic carbocycles. The molecule has 2 aromatic rings. The van der Waals surface area contributed by atoms with Gasteiger partial charge in [0.05, 0.1) is 0 Å². The van der Waals surface area contributed by atoms with Crippen LogP contribution in [0.1, 0.15) is 55.2 Å². The molecule has 0 saturated carbocycles. The zero-order valence-electron chi connectivity index (χ0n) is 14.2. The van der Waals surface area contributed by atoms with Gasteiger partial charge < -0.3 is 5.11 Å². The first-order valence-electron chi connectivity index (χ1n) is 8.37. The number of rotatable bonds is 7. The van der Waals surface area contributed by atoms with Crippen molar-refractivity contribution in [3.05, 3.63) is 53.3 Å². The Morgan fingerprint density at radius 3 is 2.57 bits per heavy atom. The zero-order chi connectivity index (χ0) is 16.8. The highest BCUT2D eigenvalue weighted by Crippen LogP contribution is 2.30. The monoisotopic (exact) mass is 311 g/mol. The van der Waals surface area contributed by atoms with Crippen molar-refractivity contribution in [3.63, 3.8) is 0 Å². The molecule has 3 heteroatoms. The predicted octanol–water partition coefficient (Wildman–Crippen LogP) is 4.99. The summed E-state index contributed by atoms with van der Waals surface area (Å²) in [4.78, 5) is 15.4. The van der Waals surface area contributed by atoms with Gasteiger partial charge in [0.15, 0.2) is 0 Å². The van der Waals surface area contributed by atoms with Gasteiger partial charge in [-0.2, -0.15) is 0 Å². The lowest BCUT2D eigenvalue weighted by atomic mass is 9.89. The second-order valence-corrected chi connectivity index (χ2v) is 6.16. The molecule has 0 spiro atoms. The number of pyridine rings is 1. The van der Waals surface area contributed by atoms with E-state index in [-0.39, 0.29) is 5.69 Å². The number of hydrogen-bond acceptors (Lipinski definition) is 2. The lowest BCUT2D eigenvalue weighted by Gasteiger charge is -2.16. The fourth-order valence-electron chi connectivity index (χ4n) is 2.80. The summed E-state index contributed by atoms with van der Waals surface area (Å²) in [5.41, 5.74) is 4.66. The van der Waals surface area contributed by atoms with E-state index in [4.69, 9.17) is 0 Å². The molecule has 122 valence electrons. The molecule has 0 radical (unpaired) electrons. The largest absolute Gasteiger partial charge is 0.477 e. The van der Waals surface area contributed by atoms with Crippen molar-refractivity contribution in [2.24, 2.45) is 5.92 Å². The summed E-state index contributed by atoms with van der Waals surface area (Å²) in [5.74, 6) is -0.375. The van der Waals surface area contributed by atoms with Crippen LogP contribution in [-0.2, 0) is 12.8 Å². The van der Waals surface area contributed by atoms with Crippen LogP contribution >= 0.6 is 0 Å². The molecule has 1 N–H and O–H groups in total. The molecule has 0 aliphatic carbocycles. The van der Waals surface area contributed by atoms with Gasteiger partial charge in [0.25, 0.3) is 0 Å². The van der Waals surface area contributed by atoms with Crippen molar-refractivity contribution >= 4 is 5.97 Å². The van der Waals surface area contributed by atoms with Gasteiger partial charge in [0.2, 0.25) is 0 Å². The minimum absolute atomic E-state index is 0.109. The van der Waals surface area contributed by atoms with Crippen molar-refractivity contribution in [3.8, 4) is 11.1 Å². The second-order valence-electron chi connectivity index (χ2n) is 6.16. The summed E-state index contributed by atoms with van der Waals surface area (Å²) in [6.07, 6.45) is 5.77. The molecular weight excluding hydrogens is 286 g/mol. The highest BCUT2D eigenvalue weighted by molar-refractivity contribution is 5.88. The van der Waals surface area contributed by atoms with Gasteiger partial charge in [0, 0.05) is 6.20 Å². The fraction of sp³-hybridized carbons (Fsp3) is 0.400. The summed E-state index contributed by atoms with van der Waals surface area (Å²) in [6, 6.07) is 10.0. The van der Waals surface area contributed by atoms with E-state index >= 15 is 0 Å². The smallest absolute Gasteiger partial charge is 0.354 e. The molecule has 0 fully saturated rings. The molecule has 1 aromatic heterocycles. The Labute approximate surface area is 138 Å². The molecule has 2 rings (SSSR count). The number of hydrogen-bond donors (Lipinski definition) is 1. The number of nitrogens with zero attached hydrogens (tertiary/aromatic N) is 1. The van der Waals surface area contributed by atoms with Crippen molar-refractivity contribution in [2.45, 2.75) is 46.5 Å². The number of carboxylic acid groups (broad SMARTS) is 1. The van der Waals surface area contributed by atoms with Crippen LogP contribution in [0.5, 0.6) is 0 Å². The van der Waals surface area contributed by atoms with Crippen LogP contribution < -0.4 is 0 Å². The second kappa shape index (κ2) is 7.91. The number of benzene rings is 1. The van der Waals surface area contributed by atoms with Crippen LogP contribution in [0, 0.1) is 5.92 Å². The van der Waals surface area contributed by atoms with Crippen LogP contribution in [-0.4, -0.2) is 16.1 Å². The van der Waals surface area contributed by atoms with Crippen molar-refractivity contribution < 1.29 is 9.90 Å². The van der Waals surface area contributed by atoms with E-state index in [0.717, 1.165) is 42.4 Å². The molecule has 0 aliphatic heterocycles. The van der Waals surface area contributed by atoms with Gasteiger partial charge in [0.1, 0.15) is 5.69 Å². The fourth-order valence-corrected chi connectivity index (χ4v) is 2.80. The standard InChI is InChI=1S/C20H25NO2/c1-4-8-16-13-21-19(20(22)23)12-18(16)17-10-7-6-9-15(17)11-14(3)5-2/h6-7,9-10,12-14H,4-5,8,11H2,1-3H3,(H,22,23)/t14-/m0/s1. The predicted molar refractivity (Wildman–Crippen MR) is 93.8 cm³/mol. The Morgan fingerprint density at radius 2 is 1.91 bits per heavy atom. The van der Waals surface area contributed by atoms with E-state index in [2.05, 4.69) is 44.0 Å². The van der Waals surface area contributed by atoms with Gasteiger partial charge in [-0.3, -0.25) is 0 Å². The maximum atomic E-state index is 11.3. The van der Waals surface area contributed by atoms with Gasteiger partial charge >= 0.3 is 5.97 Å². The topological polar surface area (TPSA) is 50.2 Å². The van der Waals surface area contributed by atoms with Crippen LogP contribution in [0.4, 0.5) is 0 Å². The number of aryl methyl sites for hydroxylation is 1. The highest BCUT2D eigenvalue weighted by atomic mass is 16.4. The van der Waals surface area contributed by atoms with Crippen molar-refractivity contribution in [1.29, 1.82) is 0 Å². The third-order valence-electron chi connectivity index (χ3n) is 4.30. The lowest BCUT2D eigenvalue weighted by Crippen LogP contribution is -2.05. The summed E-state index contributed by atoms with van der Waals surface area (Å²) < 4.78 is 0. The van der Waals surface area contributed by atoms with Crippen LogP contribution in [0.25, 0.3) is 11.1 Å². The van der Waals surface area contributed by atoms with E-state index in [9.17, 15) is 9.90 Å². The maximum Gasteiger partial charge on any atom is 0.354 e. The number of carboxylic acids is 1. The summed E-state index contributed by atoms with van der Waals surface area (Å²) in [7, 11) is 0. The summed E-state index contributed by atoms with van der Waals surface area (Å²) in [6.45, 7) is 6.57. The average molecular weight is 311 g/mol. The first kappa shape index (κ1) is 17.2. The molecule has 1 atom stereocenters. The number of carbonyl (C=O) groups is 1. The average Bonchev–Trinajstić information content (AvgIpc) is 2.56. The van der Waals surface area contributed by atoms with Gasteiger partial charge in [-0.1, -0.05) is 57.9 Å². The Morgan fingerprint density at radius 1 is 1.17 bits per heavy atom. The first-order chi connectivity index (χ1) is 11.1. The Kier molecular flexibility index (Phi) is 5.91.